The highest BCUT2D eigenvalue weighted by Crippen LogP contribution is 2.26. The topological polar surface area (TPSA) is 75.7 Å². The Labute approximate surface area is 171 Å². The van der Waals surface area contributed by atoms with Crippen LogP contribution >= 0.6 is 0 Å². The fraction of sp³-hybridized carbons (Fsp3) is 0.381. The lowest BCUT2D eigenvalue weighted by Gasteiger charge is -2.25. The van der Waals surface area contributed by atoms with Gasteiger partial charge in [-0.25, -0.2) is 12.8 Å². The van der Waals surface area contributed by atoms with Gasteiger partial charge in [0.2, 0.25) is 5.91 Å². The number of hydrogen-bond acceptors (Lipinski definition) is 4. The van der Waals surface area contributed by atoms with Gasteiger partial charge in [-0.05, 0) is 68.3 Å². The van der Waals surface area contributed by atoms with E-state index in [0.717, 1.165) is 29.3 Å². The molecular formula is C21H27FN2O4S. The van der Waals surface area contributed by atoms with Crippen molar-refractivity contribution in [2.75, 3.05) is 17.5 Å². The Morgan fingerprint density at radius 2 is 1.62 bits per heavy atom. The van der Waals surface area contributed by atoms with Crippen molar-refractivity contribution in [3.63, 3.8) is 0 Å². The van der Waals surface area contributed by atoms with E-state index in [1.54, 1.807) is 24.3 Å². The molecule has 1 N–H and O–H groups in total. The first-order valence-electron chi connectivity index (χ1n) is 9.62. The van der Waals surface area contributed by atoms with E-state index in [9.17, 15) is 17.6 Å². The summed E-state index contributed by atoms with van der Waals surface area (Å²) in [6, 6.07) is 10.9. The van der Waals surface area contributed by atoms with Gasteiger partial charge in [0.1, 0.15) is 18.1 Å². The molecule has 0 bridgehead atoms. The lowest BCUT2D eigenvalue weighted by molar-refractivity contribution is -0.120. The van der Waals surface area contributed by atoms with Crippen molar-refractivity contribution in [3.8, 4) is 5.75 Å². The molecule has 29 heavy (non-hydrogen) atoms. The summed E-state index contributed by atoms with van der Waals surface area (Å²) >= 11 is 0. The van der Waals surface area contributed by atoms with Crippen molar-refractivity contribution in [1.29, 1.82) is 0 Å². The Morgan fingerprint density at radius 3 is 2.14 bits per heavy atom. The second-order valence-electron chi connectivity index (χ2n) is 6.47. The van der Waals surface area contributed by atoms with E-state index in [1.165, 1.54) is 12.1 Å². The Hall–Kier alpha value is -2.61. The van der Waals surface area contributed by atoms with Gasteiger partial charge in [-0.15, -0.1) is 0 Å². The van der Waals surface area contributed by atoms with Gasteiger partial charge in [-0.2, -0.15) is 0 Å². The highest BCUT2D eigenvalue weighted by Gasteiger charge is 2.27. The molecule has 6 nitrogen and oxygen atoms in total. The fourth-order valence-corrected chi connectivity index (χ4v) is 4.24. The standard InChI is InChI=1S/C21H27FN2O4S/c1-4-17(5-2)23-21(25)15-24(18-9-11-19(12-10-18)28-6-3)29(26,27)20-13-7-16(22)8-14-20/h7-14,17H,4-6,15H2,1-3H3,(H,23,25). The second kappa shape index (κ2) is 10.2. The minimum Gasteiger partial charge on any atom is -0.494 e. The first kappa shape index (κ1) is 22.7. The number of carbonyl (C=O) groups is 1. The van der Waals surface area contributed by atoms with Crippen LogP contribution in [0.25, 0.3) is 0 Å². The number of hydrogen-bond donors (Lipinski definition) is 1. The minimum atomic E-state index is -4.08. The normalized spacial score (nSPS) is 11.3. The van der Waals surface area contributed by atoms with E-state index >= 15 is 0 Å². The predicted octanol–water partition coefficient (Wildman–Crippen LogP) is 3.72. The average Bonchev–Trinajstić information content (AvgIpc) is 2.71. The molecule has 0 spiro atoms. The summed E-state index contributed by atoms with van der Waals surface area (Å²) in [5, 5.41) is 2.85. The molecular weight excluding hydrogens is 395 g/mol. The van der Waals surface area contributed by atoms with E-state index in [0.29, 0.717) is 18.0 Å². The van der Waals surface area contributed by atoms with Crippen molar-refractivity contribution in [2.24, 2.45) is 0 Å². The first-order valence-corrected chi connectivity index (χ1v) is 11.1. The number of rotatable bonds is 10. The molecule has 2 aromatic carbocycles. The first-order chi connectivity index (χ1) is 13.8. The van der Waals surface area contributed by atoms with Gasteiger partial charge in [0, 0.05) is 6.04 Å². The number of nitrogens with zero attached hydrogens (tertiary/aromatic N) is 1. The Bertz CT molecular complexity index is 895. The molecule has 0 saturated heterocycles. The summed E-state index contributed by atoms with van der Waals surface area (Å²) in [5.41, 5.74) is 0.317. The molecule has 0 aliphatic heterocycles. The van der Waals surface area contributed by atoms with Gasteiger partial charge in [-0.3, -0.25) is 9.10 Å². The SMILES string of the molecule is CCOc1ccc(N(CC(=O)NC(CC)CC)S(=O)(=O)c2ccc(F)cc2)cc1. The molecule has 2 rings (SSSR count). The molecule has 0 aliphatic carbocycles. The maximum atomic E-state index is 13.3. The van der Waals surface area contributed by atoms with Crippen LogP contribution in [0.5, 0.6) is 5.75 Å². The lowest BCUT2D eigenvalue weighted by Crippen LogP contribution is -2.44. The number of anilines is 1. The van der Waals surface area contributed by atoms with Crippen LogP contribution < -0.4 is 14.4 Å². The van der Waals surface area contributed by atoms with Crippen LogP contribution in [0.15, 0.2) is 53.4 Å². The molecule has 0 aliphatic rings. The molecule has 0 fully saturated rings. The number of halogens is 1. The van der Waals surface area contributed by atoms with Gasteiger partial charge in [-0.1, -0.05) is 13.8 Å². The average molecular weight is 423 g/mol. The van der Waals surface area contributed by atoms with E-state index in [4.69, 9.17) is 4.74 Å². The van der Waals surface area contributed by atoms with Crippen molar-refractivity contribution in [2.45, 2.75) is 44.6 Å². The van der Waals surface area contributed by atoms with Crippen LogP contribution in [0.3, 0.4) is 0 Å². The van der Waals surface area contributed by atoms with Crippen molar-refractivity contribution >= 4 is 21.6 Å². The van der Waals surface area contributed by atoms with Crippen molar-refractivity contribution in [3.05, 3.63) is 54.3 Å². The minimum absolute atomic E-state index is 0.0294. The highest BCUT2D eigenvalue weighted by atomic mass is 32.2. The van der Waals surface area contributed by atoms with Gasteiger partial charge >= 0.3 is 0 Å². The molecule has 0 atom stereocenters. The maximum Gasteiger partial charge on any atom is 0.264 e. The smallest absolute Gasteiger partial charge is 0.264 e. The molecule has 1 amide bonds. The number of benzene rings is 2. The molecule has 0 saturated carbocycles. The van der Waals surface area contributed by atoms with E-state index < -0.39 is 21.7 Å². The molecule has 0 radical (unpaired) electrons. The quantitative estimate of drug-likeness (QED) is 0.633. The number of carbonyl (C=O) groups excluding carboxylic acids is 1. The molecule has 2 aromatic rings. The highest BCUT2D eigenvalue weighted by molar-refractivity contribution is 7.92. The van der Waals surface area contributed by atoms with Crippen LogP contribution in [-0.4, -0.2) is 33.5 Å². The summed E-state index contributed by atoms with van der Waals surface area (Å²) in [4.78, 5) is 12.5. The number of amides is 1. The van der Waals surface area contributed by atoms with Crippen LogP contribution in [0.1, 0.15) is 33.6 Å². The Balaban J connectivity index is 2.39. The number of ether oxygens (including phenoxy) is 1. The van der Waals surface area contributed by atoms with Crippen LogP contribution in [0, 0.1) is 5.82 Å². The van der Waals surface area contributed by atoms with Gasteiger partial charge in [0.05, 0.1) is 17.2 Å². The van der Waals surface area contributed by atoms with Gasteiger partial charge < -0.3 is 10.1 Å². The zero-order chi connectivity index (χ0) is 21.4. The van der Waals surface area contributed by atoms with E-state index in [2.05, 4.69) is 5.32 Å². The summed E-state index contributed by atoms with van der Waals surface area (Å²) < 4.78 is 46.1. The lowest BCUT2D eigenvalue weighted by atomic mass is 10.2. The predicted molar refractivity (Wildman–Crippen MR) is 111 cm³/mol. The van der Waals surface area contributed by atoms with Crippen molar-refractivity contribution < 1.29 is 22.3 Å². The zero-order valence-corrected chi connectivity index (χ0v) is 17.7. The fourth-order valence-electron chi connectivity index (χ4n) is 2.82. The number of nitrogens with one attached hydrogen (secondary N) is 1. The summed E-state index contributed by atoms with van der Waals surface area (Å²) in [6.45, 7) is 5.85. The third kappa shape index (κ3) is 5.93. The summed E-state index contributed by atoms with van der Waals surface area (Å²) in [6.07, 6.45) is 1.49. The Kier molecular flexibility index (Phi) is 8.01. The van der Waals surface area contributed by atoms with Crippen LogP contribution in [-0.2, 0) is 14.8 Å². The van der Waals surface area contributed by atoms with Crippen LogP contribution in [0.2, 0.25) is 0 Å². The van der Waals surface area contributed by atoms with E-state index in [-0.39, 0.29) is 17.5 Å². The zero-order valence-electron chi connectivity index (χ0n) is 16.9. The Morgan fingerprint density at radius 1 is 1.03 bits per heavy atom. The monoisotopic (exact) mass is 422 g/mol. The summed E-state index contributed by atoms with van der Waals surface area (Å²) in [7, 11) is -4.08. The van der Waals surface area contributed by atoms with Crippen LogP contribution in [0.4, 0.5) is 10.1 Å². The molecule has 0 aromatic heterocycles. The second-order valence-corrected chi connectivity index (χ2v) is 8.34. The summed E-state index contributed by atoms with van der Waals surface area (Å²) in [5.74, 6) is -0.349. The van der Waals surface area contributed by atoms with Gasteiger partial charge in [0.25, 0.3) is 10.0 Å². The molecule has 0 unspecified atom stereocenters. The van der Waals surface area contributed by atoms with E-state index in [1.807, 2.05) is 20.8 Å². The largest absolute Gasteiger partial charge is 0.494 e. The number of sulfonamides is 1. The maximum absolute atomic E-state index is 13.3. The third-order valence-electron chi connectivity index (χ3n) is 4.48. The molecule has 8 heteroatoms. The van der Waals surface area contributed by atoms with Crippen molar-refractivity contribution in [1.82, 2.24) is 5.32 Å². The molecule has 0 heterocycles. The molecule has 158 valence electrons. The third-order valence-corrected chi connectivity index (χ3v) is 6.26. The van der Waals surface area contributed by atoms with Gasteiger partial charge in [0.15, 0.2) is 0 Å².